The van der Waals surface area contributed by atoms with E-state index in [9.17, 15) is 4.79 Å². The fourth-order valence-corrected chi connectivity index (χ4v) is 3.93. The fraction of sp³-hybridized carbons (Fsp3) is 0.609. The molecule has 0 saturated heterocycles. The van der Waals surface area contributed by atoms with Crippen LogP contribution >= 0.6 is 0 Å². The lowest BCUT2D eigenvalue weighted by atomic mass is 10.0. The number of para-hydroxylation sites is 1. The summed E-state index contributed by atoms with van der Waals surface area (Å²) in [6.45, 7) is 6.63. The first kappa shape index (κ1) is 21.3. The lowest BCUT2D eigenvalue weighted by Crippen LogP contribution is -2.34. The van der Waals surface area contributed by atoms with Crippen LogP contribution < -0.4 is 4.74 Å². The first-order chi connectivity index (χ1) is 14.1. The third-order valence-electron chi connectivity index (χ3n) is 5.53. The highest BCUT2D eigenvalue weighted by molar-refractivity contribution is 5.76. The number of carbonyl (C=O) groups excluding carboxylic acids is 1. The van der Waals surface area contributed by atoms with Crippen molar-refractivity contribution >= 4 is 5.91 Å². The highest BCUT2D eigenvalue weighted by atomic mass is 16.5. The van der Waals surface area contributed by atoms with E-state index in [0.717, 1.165) is 49.8 Å². The fourth-order valence-electron chi connectivity index (χ4n) is 3.93. The van der Waals surface area contributed by atoms with Crippen LogP contribution in [0.1, 0.15) is 62.2 Å². The minimum Gasteiger partial charge on any atom is -0.493 e. The van der Waals surface area contributed by atoms with Crippen molar-refractivity contribution in [1.82, 2.24) is 19.7 Å². The Hall–Kier alpha value is -2.37. The van der Waals surface area contributed by atoms with E-state index in [1.807, 2.05) is 29.5 Å². The van der Waals surface area contributed by atoms with Crippen LogP contribution in [0.25, 0.3) is 0 Å². The van der Waals surface area contributed by atoms with Gasteiger partial charge in [-0.05, 0) is 51.2 Å². The van der Waals surface area contributed by atoms with Crippen molar-refractivity contribution in [3.63, 3.8) is 0 Å². The summed E-state index contributed by atoms with van der Waals surface area (Å²) in [5.41, 5.74) is 1.30. The number of benzene rings is 1. The molecule has 1 aromatic heterocycles. The Morgan fingerprint density at radius 3 is 2.62 bits per heavy atom. The second kappa shape index (κ2) is 11.0. The number of hydrogen-bond acceptors (Lipinski definition) is 4. The SMILES string of the molecule is Cc1nc(C)n(CCC(=O)N2CCCCCCCc3ccccc3OCCC2)n1. The van der Waals surface area contributed by atoms with Crippen LogP contribution in [-0.4, -0.2) is 45.3 Å². The molecule has 29 heavy (non-hydrogen) atoms. The summed E-state index contributed by atoms with van der Waals surface area (Å²) >= 11 is 0. The molecule has 0 saturated carbocycles. The summed E-state index contributed by atoms with van der Waals surface area (Å²) in [5.74, 6) is 2.82. The maximum atomic E-state index is 12.9. The highest BCUT2D eigenvalue weighted by Gasteiger charge is 2.15. The molecule has 6 heteroatoms. The zero-order valence-corrected chi connectivity index (χ0v) is 17.9. The molecule has 0 bridgehead atoms. The van der Waals surface area contributed by atoms with Gasteiger partial charge in [0.1, 0.15) is 17.4 Å². The van der Waals surface area contributed by atoms with Gasteiger partial charge in [-0.15, -0.1) is 0 Å². The summed E-state index contributed by atoms with van der Waals surface area (Å²) < 4.78 is 7.88. The molecular weight excluding hydrogens is 364 g/mol. The Bertz CT molecular complexity index is 787. The van der Waals surface area contributed by atoms with E-state index in [1.165, 1.54) is 31.2 Å². The molecule has 2 aromatic rings. The first-order valence-electron chi connectivity index (χ1n) is 11.0. The summed E-state index contributed by atoms with van der Waals surface area (Å²) in [7, 11) is 0. The average molecular weight is 399 g/mol. The van der Waals surface area contributed by atoms with Crippen molar-refractivity contribution in [1.29, 1.82) is 0 Å². The molecule has 158 valence electrons. The summed E-state index contributed by atoms with van der Waals surface area (Å²) in [6.07, 6.45) is 8.31. The molecule has 0 N–H and O–H groups in total. The van der Waals surface area contributed by atoms with Gasteiger partial charge in [-0.25, -0.2) is 9.67 Å². The predicted molar refractivity (Wildman–Crippen MR) is 114 cm³/mol. The molecule has 1 aliphatic rings. The number of aryl methyl sites for hydroxylation is 4. The predicted octanol–water partition coefficient (Wildman–Crippen LogP) is 4.09. The molecule has 1 aromatic carbocycles. The molecule has 0 spiro atoms. The van der Waals surface area contributed by atoms with E-state index in [4.69, 9.17) is 4.74 Å². The van der Waals surface area contributed by atoms with Gasteiger partial charge in [0, 0.05) is 19.5 Å². The van der Waals surface area contributed by atoms with Crippen molar-refractivity contribution in [3.8, 4) is 5.75 Å². The van der Waals surface area contributed by atoms with E-state index in [1.54, 1.807) is 0 Å². The van der Waals surface area contributed by atoms with Gasteiger partial charge in [-0.2, -0.15) is 5.10 Å². The first-order valence-corrected chi connectivity index (χ1v) is 11.0. The quantitative estimate of drug-likeness (QED) is 0.781. The van der Waals surface area contributed by atoms with Gasteiger partial charge in [-0.1, -0.05) is 37.5 Å². The van der Waals surface area contributed by atoms with Gasteiger partial charge in [0.15, 0.2) is 0 Å². The van der Waals surface area contributed by atoms with Crippen LogP contribution in [0.15, 0.2) is 24.3 Å². The van der Waals surface area contributed by atoms with E-state index in [-0.39, 0.29) is 5.91 Å². The van der Waals surface area contributed by atoms with Crippen molar-refractivity contribution in [2.45, 2.75) is 71.8 Å². The molecule has 0 aliphatic carbocycles. The Labute approximate surface area is 174 Å². The Balaban J connectivity index is 1.56. The Kier molecular flexibility index (Phi) is 8.08. The highest BCUT2D eigenvalue weighted by Crippen LogP contribution is 2.21. The number of nitrogens with zero attached hydrogens (tertiary/aromatic N) is 4. The van der Waals surface area contributed by atoms with Gasteiger partial charge in [0.25, 0.3) is 0 Å². The van der Waals surface area contributed by atoms with Crippen LogP contribution in [-0.2, 0) is 17.8 Å². The number of amides is 1. The Morgan fingerprint density at radius 1 is 1.03 bits per heavy atom. The van der Waals surface area contributed by atoms with Crippen LogP contribution in [0.5, 0.6) is 5.75 Å². The molecule has 2 heterocycles. The molecule has 1 amide bonds. The average Bonchev–Trinajstić information content (AvgIpc) is 3.04. The second-order valence-corrected chi connectivity index (χ2v) is 7.89. The van der Waals surface area contributed by atoms with Crippen molar-refractivity contribution in [3.05, 3.63) is 41.5 Å². The van der Waals surface area contributed by atoms with E-state index in [2.05, 4.69) is 28.3 Å². The molecule has 3 rings (SSSR count). The van der Waals surface area contributed by atoms with Gasteiger partial charge in [0.05, 0.1) is 13.2 Å². The summed E-state index contributed by atoms with van der Waals surface area (Å²) in [6, 6.07) is 8.35. The normalized spacial score (nSPS) is 16.6. The topological polar surface area (TPSA) is 60.2 Å². The molecule has 6 nitrogen and oxygen atoms in total. The van der Waals surface area contributed by atoms with Crippen LogP contribution in [0.2, 0.25) is 0 Å². The third kappa shape index (κ3) is 6.58. The maximum absolute atomic E-state index is 12.9. The monoisotopic (exact) mass is 398 g/mol. The van der Waals surface area contributed by atoms with Gasteiger partial charge in [0.2, 0.25) is 5.91 Å². The van der Waals surface area contributed by atoms with E-state index in [0.29, 0.717) is 19.6 Å². The van der Waals surface area contributed by atoms with E-state index >= 15 is 0 Å². The Morgan fingerprint density at radius 2 is 1.79 bits per heavy atom. The lowest BCUT2D eigenvalue weighted by Gasteiger charge is -2.23. The number of ether oxygens (including phenoxy) is 1. The van der Waals surface area contributed by atoms with Crippen LogP contribution in [0, 0.1) is 13.8 Å². The van der Waals surface area contributed by atoms with Gasteiger partial charge >= 0.3 is 0 Å². The minimum absolute atomic E-state index is 0.199. The smallest absolute Gasteiger partial charge is 0.224 e. The summed E-state index contributed by atoms with van der Waals surface area (Å²) in [4.78, 5) is 19.2. The largest absolute Gasteiger partial charge is 0.493 e. The number of hydrogen-bond donors (Lipinski definition) is 0. The number of aromatic nitrogens is 3. The molecular formula is C23H34N4O2. The number of carbonyl (C=O) groups is 1. The molecule has 0 atom stereocenters. The van der Waals surface area contributed by atoms with Gasteiger partial charge < -0.3 is 9.64 Å². The van der Waals surface area contributed by atoms with E-state index < -0.39 is 0 Å². The zero-order valence-electron chi connectivity index (χ0n) is 17.9. The van der Waals surface area contributed by atoms with Crippen molar-refractivity contribution < 1.29 is 9.53 Å². The maximum Gasteiger partial charge on any atom is 0.224 e. The minimum atomic E-state index is 0.199. The standard InChI is InChI=1S/C23H34N4O2/c1-19-24-20(2)27(25-19)17-14-23(28)26-15-9-5-3-4-6-11-21-12-7-8-13-22(21)29-18-10-16-26/h7-8,12-13H,3-6,9-11,14-18H2,1-2H3. The van der Waals surface area contributed by atoms with Gasteiger partial charge in [-0.3, -0.25) is 4.79 Å². The second-order valence-electron chi connectivity index (χ2n) is 7.89. The zero-order chi connectivity index (χ0) is 20.5. The van der Waals surface area contributed by atoms with Crippen molar-refractivity contribution in [2.75, 3.05) is 19.7 Å². The molecule has 0 fully saturated rings. The van der Waals surface area contributed by atoms with Crippen LogP contribution in [0.4, 0.5) is 0 Å². The lowest BCUT2D eigenvalue weighted by molar-refractivity contribution is -0.131. The van der Waals surface area contributed by atoms with Crippen molar-refractivity contribution in [2.24, 2.45) is 0 Å². The summed E-state index contributed by atoms with van der Waals surface area (Å²) in [5, 5.41) is 4.37. The molecule has 0 unspecified atom stereocenters. The molecule has 0 radical (unpaired) electrons. The van der Waals surface area contributed by atoms with Crippen LogP contribution in [0.3, 0.4) is 0 Å². The number of rotatable bonds is 3. The molecule has 1 aliphatic heterocycles. The third-order valence-corrected chi connectivity index (χ3v) is 5.53. The number of fused-ring (bicyclic) bond motifs is 1.